The van der Waals surface area contributed by atoms with E-state index in [-0.39, 0.29) is 17.2 Å². The zero-order valence-electron chi connectivity index (χ0n) is 19.7. The largest absolute Gasteiger partial charge is 0.493 e. The van der Waals surface area contributed by atoms with E-state index in [2.05, 4.69) is 42.6 Å². The van der Waals surface area contributed by atoms with Gasteiger partial charge in [0.25, 0.3) is 0 Å². The number of rotatable bonds is 8. The van der Waals surface area contributed by atoms with Crippen molar-refractivity contribution in [3.8, 4) is 0 Å². The normalized spacial score (nSPS) is 15.7. The lowest BCUT2D eigenvalue weighted by molar-refractivity contribution is -0.111. The summed E-state index contributed by atoms with van der Waals surface area (Å²) in [6.45, 7) is 2.49. The topological polar surface area (TPSA) is 84.9 Å². The molecule has 1 aliphatic carbocycles. The van der Waals surface area contributed by atoms with Gasteiger partial charge in [-0.2, -0.15) is 0 Å². The van der Waals surface area contributed by atoms with E-state index in [4.69, 9.17) is 9.47 Å². The summed E-state index contributed by atoms with van der Waals surface area (Å²) in [6.07, 6.45) is 5.63. The number of carboxylic acids is 1. The molecular weight excluding hydrogens is 442 g/mol. The summed E-state index contributed by atoms with van der Waals surface area (Å²) in [4.78, 5) is 23.8. The van der Waals surface area contributed by atoms with E-state index in [9.17, 15) is 14.7 Å². The maximum absolute atomic E-state index is 12.4. The Morgan fingerprint density at radius 1 is 1.06 bits per heavy atom. The fourth-order valence-electron chi connectivity index (χ4n) is 4.01. The van der Waals surface area contributed by atoms with Crippen LogP contribution in [-0.4, -0.2) is 24.1 Å². The summed E-state index contributed by atoms with van der Waals surface area (Å²) < 4.78 is 11.7. The van der Waals surface area contributed by atoms with Crippen molar-refractivity contribution in [3.63, 3.8) is 0 Å². The third-order valence-corrected chi connectivity index (χ3v) is 5.92. The average Bonchev–Trinajstić information content (AvgIpc) is 2.86. The van der Waals surface area contributed by atoms with Crippen LogP contribution in [0.4, 0.5) is 5.69 Å². The first-order valence-electron chi connectivity index (χ1n) is 11.3. The van der Waals surface area contributed by atoms with Crippen molar-refractivity contribution < 1.29 is 24.2 Å². The fourth-order valence-corrected chi connectivity index (χ4v) is 4.01. The highest BCUT2D eigenvalue weighted by atomic mass is 16.5. The quantitative estimate of drug-likeness (QED) is 0.391. The number of hydrogen-bond donors (Lipinski definition) is 2. The molecule has 35 heavy (non-hydrogen) atoms. The van der Waals surface area contributed by atoms with Gasteiger partial charge in [0.15, 0.2) is 5.76 Å². The average molecular weight is 470 g/mol. The number of carboxylic acid groups (broad SMARTS) is 1. The SMILES string of the molecule is COC1=C(OCc2ccc3ccccc3c2)CC(C)C(/C=C/C(=O)Nc2ccccc2C(=O)O)=C1. The van der Waals surface area contributed by atoms with Gasteiger partial charge in [0.05, 0.1) is 18.4 Å². The highest BCUT2D eigenvalue weighted by Crippen LogP contribution is 2.32. The Balaban J connectivity index is 1.45. The monoisotopic (exact) mass is 469 g/mol. The van der Waals surface area contributed by atoms with Gasteiger partial charge in [-0.1, -0.05) is 61.5 Å². The summed E-state index contributed by atoms with van der Waals surface area (Å²) >= 11 is 0. The molecular formula is C29H27NO5. The van der Waals surface area contributed by atoms with Crippen LogP contribution >= 0.6 is 0 Å². The number of carbonyl (C=O) groups is 2. The summed E-state index contributed by atoms with van der Waals surface area (Å²) in [5.41, 5.74) is 2.29. The van der Waals surface area contributed by atoms with Gasteiger partial charge < -0.3 is 19.9 Å². The lowest BCUT2D eigenvalue weighted by Gasteiger charge is -2.23. The van der Waals surface area contributed by atoms with E-state index >= 15 is 0 Å². The van der Waals surface area contributed by atoms with Gasteiger partial charge in [0.1, 0.15) is 12.4 Å². The standard InChI is InChI=1S/C29H27NO5/c1-19-15-27(35-18-20-11-12-21-7-3-4-8-23(21)16-20)26(34-2)17-22(19)13-14-28(31)30-25-10-6-5-9-24(25)29(32)33/h3-14,16-17,19H,15,18H2,1-2H3,(H,30,31)(H,32,33)/b14-13+. The molecule has 1 amide bonds. The molecule has 0 saturated heterocycles. The van der Waals surface area contributed by atoms with Gasteiger partial charge in [-0.05, 0) is 52.1 Å². The molecule has 1 aliphatic rings. The number of benzene rings is 3. The first-order chi connectivity index (χ1) is 16.9. The van der Waals surface area contributed by atoms with Gasteiger partial charge in [0, 0.05) is 12.5 Å². The predicted molar refractivity (Wildman–Crippen MR) is 136 cm³/mol. The number of aromatic carboxylic acids is 1. The Morgan fingerprint density at radius 3 is 2.57 bits per heavy atom. The van der Waals surface area contributed by atoms with E-state index in [0.29, 0.717) is 18.8 Å². The molecule has 0 radical (unpaired) electrons. The molecule has 0 aliphatic heterocycles. The van der Waals surface area contributed by atoms with E-state index < -0.39 is 11.9 Å². The molecule has 0 bridgehead atoms. The van der Waals surface area contributed by atoms with Crippen molar-refractivity contribution in [1.82, 2.24) is 0 Å². The second-order valence-electron chi connectivity index (χ2n) is 8.38. The number of ether oxygens (including phenoxy) is 2. The second-order valence-corrected chi connectivity index (χ2v) is 8.38. The summed E-state index contributed by atoms with van der Waals surface area (Å²) in [6, 6.07) is 20.8. The zero-order chi connectivity index (χ0) is 24.8. The van der Waals surface area contributed by atoms with Crippen molar-refractivity contribution in [3.05, 3.63) is 113 Å². The third-order valence-electron chi connectivity index (χ3n) is 5.92. The Labute approximate surface area is 204 Å². The van der Waals surface area contributed by atoms with Crippen molar-refractivity contribution in [2.75, 3.05) is 12.4 Å². The number of anilines is 1. The minimum absolute atomic E-state index is 0.0392. The molecule has 2 N–H and O–H groups in total. The molecule has 0 fully saturated rings. The van der Waals surface area contributed by atoms with Crippen molar-refractivity contribution in [2.45, 2.75) is 20.0 Å². The Morgan fingerprint density at radius 2 is 1.80 bits per heavy atom. The minimum Gasteiger partial charge on any atom is -0.493 e. The van der Waals surface area contributed by atoms with E-state index in [1.54, 1.807) is 31.4 Å². The number of para-hydroxylation sites is 1. The first kappa shape index (κ1) is 23.8. The molecule has 0 heterocycles. The predicted octanol–water partition coefficient (Wildman–Crippen LogP) is 6.07. The highest BCUT2D eigenvalue weighted by Gasteiger charge is 2.21. The summed E-state index contributed by atoms with van der Waals surface area (Å²) in [7, 11) is 1.60. The first-order valence-corrected chi connectivity index (χ1v) is 11.3. The van der Waals surface area contributed by atoms with E-state index in [1.807, 2.05) is 18.2 Å². The van der Waals surface area contributed by atoms with Crippen LogP contribution in [0.2, 0.25) is 0 Å². The van der Waals surface area contributed by atoms with Crippen LogP contribution in [0.15, 0.2) is 102 Å². The summed E-state index contributed by atoms with van der Waals surface area (Å²) in [5, 5.41) is 14.3. The van der Waals surface area contributed by atoms with Crippen molar-refractivity contribution in [1.29, 1.82) is 0 Å². The van der Waals surface area contributed by atoms with Crippen LogP contribution in [0.3, 0.4) is 0 Å². The Kier molecular flexibility index (Phi) is 7.31. The van der Waals surface area contributed by atoms with Crippen LogP contribution in [0.1, 0.15) is 29.3 Å². The Bertz CT molecular complexity index is 1350. The number of amides is 1. The van der Waals surface area contributed by atoms with Crippen molar-refractivity contribution in [2.24, 2.45) is 5.92 Å². The van der Waals surface area contributed by atoms with Crippen LogP contribution in [0.25, 0.3) is 10.8 Å². The zero-order valence-corrected chi connectivity index (χ0v) is 19.7. The molecule has 0 spiro atoms. The number of nitrogens with one attached hydrogen (secondary N) is 1. The third kappa shape index (κ3) is 5.79. The second kappa shape index (κ2) is 10.7. The molecule has 6 heteroatoms. The van der Waals surface area contributed by atoms with Crippen LogP contribution in [0.5, 0.6) is 0 Å². The van der Waals surface area contributed by atoms with Gasteiger partial charge in [-0.25, -0.2) is 4.79 Å². The number of carbonyl (C=O) groups excluding carboxylic acids is 1. The minimum atomic E-state index is -1.10. The van der Waals surface area contributed by atoms with Gasteiger partial charge in [-0.3, -0.25) is 4.79 Å². The van der Waals surface area contributed by atoms with Crippen LogP contribution in [-0.2, 0) is 20.9 Å². The molecule has 0 aromatic heterocycles. The van der Waals surface area contributed by atoms with E-state index in [1.165, 1.54) is 22.9 Å². The lowest BCUT2D eigenvalue weighted by atomic mass is 9.91. The fraction of sp³-hybridized carbons (Fsp3) is 0.172. The molecule has 3 aromatic carbocycles. The highest BCUT2D eigenvalue weighted by molar-refractivity contribution is 6.04. The molecule has 3 aromatic rings. The van der Waals surface area contributed by atoms with Gasteiger partial charge in [-0.15, -0.1) is 0 Å². The molecule has 1 atom stereocenters. The van der Waals surface area contributed by atoms with Gasteiger partial charge >= 0.3 is 5.97 Å². The van der Waals surface area contributed by atoms with Gasteiger partial charge in [0.2, 0.25) is 5.91 Å². The van der Waals surface area contributed by atoms with Crippen LogP contribution in [0, 0.1) is 5.92 Å². The molecule has 178 valence electrons. The maximum Gasteiger partial charge on any atom is 0.337 e. The number of methoxy groups -OCH3 is 1. The Hall–Kier alpha value is -4.32. The molecule has 4 rings (SSSR count). The lowest BCUT2D eigenvalue weighted by Crippen LogP contribution is -2.13. The van der Waals surface area contributed by atoms with Crippen LogP contribution < -0.4 is 5.32 Å². The number of fused-ring (bicyclic) bond motifs is 1. The smallest absolute Gasteiger partial charge is 0.337 e. The van der Waals surface area contributed by atoms with Crippen molar-refractivity contribution >= 4 is 28.3 Å². The molecule has 1 unspecified atom stereocenters. The van der Waals surface area contributed by atoms with E-state index in [0.717, 1.165) is 16.9 Å². The molecule has 0 saturated carbocycles. The summed E-state index contributed by atoms with van der Waals surface area (Å²) in [5.74, 6) is -0.00569. The number of allylic oxidation sites excluding steroid dienone is 4. The maximum atomic E-state index is 12.4. The number of hydrogen-bond acceptors (Lipinski definition) is 4. The molecule has 6 nitrogen and oxygen atoms in total.